The number of ether oxygens (including phenoxy) is 1. The predicted molar refractivity (Wildman–Crippen MR) is 159 cm³/mol. The highest BCUT2D eigenvalue weighted by Gasteiger charge is 2.71. The van der Waals surface area contributed by atoms with Crippen molar-refractivity contribution < 1.29 is 28.4 Å². The first-order valence-electron chi connectivity index (χ1n) is 14.1. The van der Waals surface area contributed by atoms with Gasteiger partial charge in [-0.15, -0.1) is 0 Å². The van der Waals surface area contributed by atoms with Crippen LogP contribution in [0.25, 0.3) is 0 Å². The van der Waals surface area contributed by atoms with Gasteiger partial charge in [0, 0.05) is 47.4 Å². The van der Waals surface area contributed by atoms with Gasteiger partial charge in [0.2, 0.25) is 11.8 Å². The quantitative estimate of drug-likeness (QED) is 0.214. The van der Waals surface area contributed by atoms with Crippen LogP contribution in [-0.2, 0) is 19.9 Å². The predicted octanol–water partition coefficient (Wildman–Crippen LogP) is 5.52. The Kier molecular flexibility index (Phi) is 6.69. The lowest BCUT2D eigenvalue weighted by atomic mass is 9.71. The molecule has 1 spiro atoms. The van der Waals surface area contributed by atoms with Gasteiger partial charge in [0.15, 0.2) is 0 Å². The molecule has 226 valence electrons. The Morgan fingerprint density at radius 3 is 2.64 bits per heavy atom. The van der Waals surface area contributed by atoms with E-state index in [0.29, 0.717) is 22.8 Å². The summed E-state index contributed by atoms with van der Waals surface area (Å²) >= 11 is 12.6. The van der Waals surface area contributed by atoms with E-state index in [1.54, 1.807) is 24.3 Å². The van der Waals surface area contributed by atoms with E-state index >= 15 is 4.39 Å². The summed E-state index contributed by atoms with van der Waals surface area (Å²) in [6.07, 6.45) is 1.88. The maximum atomic E-state index is 16.0. The number of fused-ring (bicyclic) bond motifs is 3. The molecule has 0 bridgehead atoms. The summed E-state index contributed by atoms with van der Waals surface area (Å²) < 4.78 is 20.7. The van der Waals surface area contributed by atoms with Gasteiger partial charge < -0.3 is 15.0 Å². The molecule has 0 aromatic heterocycles. The molecule has 0 unspecified atom stereocenters. The van der Waals surface area contributed by atoms with Crippen molar-refractivity contribution in [3.05, 3.63) is 97.3 Å². The van der Waals surface area contributed by atoms with Gasteiger partial charge in [-0.25, -0.2) is 9.18 Å². The largest absolute Gasteiger partial charge is 0.465 e. The summed E-state index contributed by atoms with van der Waals surface area (Å²) in [7, 11) is 1.16. The Bertz CT molecular complexity index is 1780. The fourth-order valence-electron chi connectivity index (χ4n) is 7.38. The van der Waals surface area contributed by atoms with Crippen molar-refractivity contribution in [3.63, 3.8) is 0 Å². The average Bonchev–Trinajstić information content (AvgIpc) is 3.63. The van der Waals surface area contributed by atoms with Crippen molar-refractivity contribution in [3.8, 4) is 0 Å². The number of amides is 2. The second-order valence-electron chi connectivity index (χ2n) is 11.6. The number of carbonyl (C=O) groups excluding carboxylic acids is 3. The van der Waals surface area contributed by atoms with Crippen LogP contribution in [0.4, 0.5) is 21.5 Å². The first kappa shape index (κ1) is 28.7. The molecule has 0 radical (unpaired) electrons. The lowest BCUT2D eigenvalue weighted by Gasteiger charge is -2.41. The number of likely N-dealkylation sites (tertiary alicyclic amines) is 1. The Morgan fingerprint density at radius 2 is 1.93 bits per heavy atom. The number of nitrogens with zero attached hydrogens (tertiary/aromatic N) is 3. The normalized spacial score (nSPS) is 25.7. The number of rotatable bonds is 6. The molecule has 44 heavy (non-hydrogen) atoms. The molecule has 7 rings (SSSR count). The number of hydrogen-bond acceptors (Lipinski definition) is 7. The fourth-order valence-corrected chi connectivity index (χ4v) is 7.73. The summed E-state index contributed by atoms with van der Waals surface area (Å²) in [4.78, 5) is 55.8. The molecule has 1 N–H and O–H groups in total. The minimum Gasteiger partial charge on any atom is -0.465 e. The van der Waals surface area contributed by atoms with E-state index in [1.165, 1.54) is 29.2 Å². The molecule has 4 atom stereocenters. The van der Waals surface area contributed by atoms with E-state index in [0.717, 1.165) is 26.0 Å². The molecule has 2 amide bonds. The molecule has 3 aromatic carbocycles. The van der Waals surface area contributed by atoms with Crippen LogP contribution in [0, 0.1) is 27.8 Å². The molecule has 4 aliphatic rings. The molecule has 3 aromatic rings. The second kappa shape index (κ2) is 10.3. The van der Waals surface area contributed by atoms with E-state index in [2.05, 4.69) is 5.32 Å². The van der Waals surface area contributed by atoms with Crippen LogP contribution in [0.1, 0.15) is 40.2 Å². The van der Waals surface area contributed by atoms with Gasteiger partial charge in [-0.1, -0.05) is 41.4 Å². The standard InChI is InChI=1S/C31H25Cl2FN4O6/c1-44-29(40)16-7-10-22(23(11-16)38(42)43)36-14-24-25(28(36)39)26(18-3-2-4-20(33)27(18)34)31(37(24)13-15-5-6-15)19-9-8-17(32)12-21(19)35-30(31)41/h2-4,7-12,15,24-26H,5-6,13-14H2,1H3,(H,35,41)/t24-,25+,26-,31+/m1/s1. The van der Waals surface area contributed by atoms with E-state index in [1.807, 2.05) is 4.90 Å². The molecule has 13 heteroatoms. The SMILES string of the molecule is COC(=O)c1ccc(N2C[C@@H]3[C@H](C2=O)[C@@H](c2cccc(Cl)c2F)[C@@]2(C(=O)Nc4cc(Cl)ccc42)N3CC2CC2)c([N+](=O)[O-])c1. The van der Waals surface area contributed by atoms with Gasteiger partial charge in [0.1, 0.15) is 17.0 Å². The van der Waals surface area contributed by atoms with Gasteiger partial charge in [-0.3, -0.25) is 24.6 Å². The zero-order valence-corrected chi connectivity index (χ0v) is 24.8. The minimum absolute atomic E-state index is 0.00385. The van der Waals surface area contributed by atoms with Crippen molar-refractivity contribution in [2.75, 3.05) is 30.4 Å². The Morgan fingerprint density at radius 1 is 1.16 bits per heavy atom. The van der Waals surface area contributed by atoms with E-state index < -0.39 is 57.6 Å². The number of halogens is 3. The first-order chi connectivity index (χ1) is 21.1. The number of methoxy groups -OCH3 is 1. The highest BCUT2D eigenvalue weighted by molar-refractivity contribution is 6.31. The number of anilines is 2. The fraction of sp³-hybridized carbons (Fsp3) is 0.323. The summed E-state index contributed by atoms with van der Waals surface area (Å²) in [6, 6.07) is 12.7. The molecule has 1 saturated carbocycles. The van der Waals surface area contributed by atoms with Crippen molar-refractivity contribution in [1.29, 1.82) is 0 Å². The molecule has 1 aliphatic carbocycles. The van der Waals surface area contributed by atoms with E-state index in [9.17, 15) is 24.5 Å². The lowest BCUT2D eigenvalue weighted by molar-refractivity contribution is -0.384. The van der Waals surface area contributed by atoms with Gasteiger partial charge in [0.25, 0.3) is 5.69 Å². The van der Waals surface area contributed by atoms with Crippen LogP contribution >= 0.6 is 23.2 Å². The third-order valence-corrected chi connectivity index (χ3v) is 9.86. The van der Waals surface area contributed by atoms with Gasteiger partial charge in [-0.2, -0.15) is 0 Å². The number of nitro benzene ring substituents is 1. The molecule has 10 nitrogen and oxygen atoms in total. The lowest BCUT2D eigenvalue weighted by Crippen LogP contribution is -2.54. The Labute approximate surface area is 260 Å². The maximum absolute atomic E-state index is 16.0. The van der Waals surface area contributed by atoms with E-state index in [4.69, 9.17) is 27.9 Å². The highest BCUT2D eigenvalue weighted by atomic mass is 35.5. The van der Waals surface area contributed by atoms with Gasteiger partial charge in [0.05, 0.1) is 28.5 Å². The monoisotopic (exact) mass is 638 g/mol. The zero-order chi connectivity index (χ0) is 31.1. The summed E-state index contributed by atoms with van der Waals surface area (Å²) in [5.41, 5.74) is -0.792. The van der Waals surface area contributed by atoms with Crippen molar-refractivity contribution in [1.82, 2.24) is 4.90 Å². The Balaban J connectivity index is 1.43. The van der Waals surface area contributed by atoms with Gasteiger partial charge >= 0.3 is 5.97 Å². The van der Waals surface area contributed by atoms with Crippen LogP contribution in [0.2, 0.25) is 10.0 Å². The Hall–Kier alpha value is -4.06. The van der Waals surface area contributed by atoms with Crippen LogP contribution in [0.5, 0.6) is 0 Å². The third-order valence-electron chi connectivity index (χ3n) is 9.34. The summed E-state index contributed by atoms with van der Waals surface area (Å²) in [5.74, 6) is -4.13. The number of nitro groups is 1. The van der Waals surface area contributed by atoms with Crippen molar-refractivity contribution in [2.45, 2.75) is 30.3 Å². The molecule has 3 heterocycles. The van der Waals surface area contributed by atoms with Crippen LogP contribution in [-0.4, -0.2) is 53.8 Å². The third kappa shape index (κ3) is 4.06. The maximum Gasteiger partial charge on any atom is 0.338 e. The van der Waals surface area contributed by atoms with E-state index in [-0.39, 0.29) is 34.3 Å². The molecule has 3 aliphatic heterocycles. The smallest absolute Gasteiger partial charge is 0.338 e. The second-order valence-corrected chi connectivity index (χ2v) is 12.5. The molecular weight excluding hydrogens is 614 g/mol. The van der Waals surface area contributed by atoms with Crippen LogP contribution < -0.4 is 10.2 Å². The molecule has 2 saturated heterocycles. The average molecular weight is 639 g/mol. The number of carbonyl (C=O) groups is 3. The van der Waals surface area contributed by atoms with Crippen molar-refractivity contribution >= 4 is 58.0 Å². The number of esters is 1. The minimum atomic E-state index is -1.47. The first-order valence-corrected chi connectivity index (χ1v) is 14.8. The van der Waals surface area contributed by atoms with Gasteiger partial charge in [-0.05, 0) is 54.7 Å². The zero-order valence-electron chi connectivity index (χ0n) is 23.3. The van der Waals surface area contributed by atoms with Crippen LogP contribution in [0.15, 0.2) is 54.6 Å². The highest BCUT2D eigenvalue weighted by Crippen LogP contribution is 2.62. The number of nitrogens with one attached hydrogen (secondary N) is 1. The topological polar surface area (TPSA) is 122 Å². The van der Waals surface area contributed by atoms with Crippen LogP contribution in [0.3, 0.4) is 0 Å². The van der Waals surface area contributed by atoms with Crippen molar-refractivity contribution in [2.24, 2.45) is 11.8 Å². The molecular formula is C31H25Cl2FN4O6. The number of hydrogen-bond donors (Lipinski definition) is 1. The number of benzene rings is 3. The summed E-state index contributed by atoms with van der Waals surface area (Å²) in [6.45, 7) is 0.463. The molecule has 3 fully saturated rings. The summed E-state index contributed by atoms with van der Waals surface area (Å²) in [5, 5.41) is 15.4.